The molecule has 0 N–H and O–H groups in total. The average molecular weight is 419 g/mol. The van der Waals surface area contributed by atoms with Gasteiger partial charge in [-0.05, 0) is 43.4 Å². The van der Waals surface area contributed by atoms with Crippen molar-refractivity contribution in [1.29, 1.82) is 0 Å². The Hall–Kier alpha value is -1.78. The van der Waals surface area contributed by atoms with Crippen LogP contribution >= 0.6 is 23.2 Å². The molecule has 2 aromatic heterocycles. The van der Waals surface area contributed by atoms with Gasteiger partial charge in [-0.3, -0.25) is 9.38 Å². The maximum atomic E-state index is 6.47. The lowest BCUT2D eigenvalue weighted by Crippen LogP contribution is -2.28. The smallest absolute Gasteiger partial charge is 0.165 e. The third kappa shape index (κ3) is 4.28. The van der Waals surface area contributed by atoms with E-state index in [1.807, 2.05) is 24.5 Å². The number of rotatable bonds is 8. The van der Waals surface area contributed by atoms with Gasteiger partial charge in [-0.25, -0.2) is 4.98 Å². The SMILES string of the molecule is CCCN(CCC(C)C)c1c(CC)nc2c(-c3ccc(Cl)cc3Cl)nccn12. The minimum atomic E-state index is 0.584. The van der Waals surface area contributed by atoms with Crippen molar-refractivity contribution < 1.29 is 0 Å². The molecule has 0 fully saturated rings. The van der Waals surface area contributed by atoms with Gasteiger partial charge in [0, 0.05) is 36.1 Å². The first kappa shape index (κ1) is 20.9. The molecule has 0 atom stereocenters. The van der Waals surface area contributed by atoms with E-state index in [4.69, 9.17) is 28.2 Å². The van der Waals surface area contributed by atoms with Crippen LogP contribution in [0.15, 0.2) is 30.6 Å². The van der Waals surface area contributed by atoms with E-state index in [1.54, 1.807) is 6.07 Å². The maximum Gasteiger partial charge on any atom is 0.165 e. The summed E-state index contributed by atoms with van der Waals surface area (Å²) in [6.07, 6.45) is 6.94. The standard InChI is InChI=1S/C22H28Cl2N4/c1-5-11-27(12-9-15(3)4)22-19(6-2)26-21-20(25-10-13-28(21)22)17-8-7-16(23)14-18(17)24/h7-8,10,13-15H,5-6,9,11-12H2,1-4H3. The molecule has 3 aromatic rings. The van der Waals surface area contributed by atoms with E-state index in [1.165, 1.54) is 5.82 Å². The van der Waals surface area contributed by atoms with Crippen molar-refractivity contribution in [2.45, 2.75) is 47.0 Å². The summed E-state index contributed by atoms with van der Waals surface area (Å²) >= 11 is 12.5. The number of benzene rings is 1. The van der Waals surface area contributed by atoms with Crippen molar-refractivity contribution in [2.24, 2.45) is 5.92 Å². The first-order chi connectivity index (χ1) is 13.5. The lowest BCUT2D eigenvalue weighted by atomic mass is 10.1. The molecule has 150 valence electrons. The zero-order chi connectivity index (χ0) is 20.3. The van der Waals surface area contributed by atoms with Crippen LogP contribution in [0.2, 0.25) is 10.0 Å². The summed E-state index contributed by atoms with van der Waals surface area (Å²) < 4.78 is 2.17. The van der Waals surface area contributed by atoms with Gasteiger partial charge in [-0.1, -0.05) is 50.9 Å². The molecule has 0 unspecified atom stereocenters. The quantitative estimate of drug-likeness (QED) is 0.416. The summed E-state index contributed by atoms with van der Waals surface area (Å²) in [5.74, 6) is 1.84. The van der Waals surface area contributed by atoms with E-state index in [2.05, 4.69) is 42.0 Å². The summed E-state index contributed by atoms with van der Waals surface area (Å²) in [4.78, 5) is 12.0. The molecule has 0 aliphatic rings. The Morgan fingerprint density at radius 3 is 2.57 bits per heavy atom. The van der Waals surface area contributed by atoms with Gasteiger partial charge >= 0.3 is 0 Å². The molecule has 0 saturated heterocycles. The largest absolute Gasteiger partial charge is 0.356 e. The van der Waals surface area contributed by atoms with Crippen LogP contribution in [-0.4, -0.2) is 27.5 Å². The number of nitrogens with zero attached hydrogens (tertiary/aromatic N) is 4. The Balaban J connectivity index is 2.16. The monoisotopic (exact) mass is 418 g/mol. The zero-order valence-corrected chi connectivity index (χ0v) is 18.6. The molecule has 6 heteroatoms. The number of aromatic nitrogens is 3. The first-order valence-corrected chi connectivity index (χ1v) is 10.8. The number of hydrogen-bond donors (Lipinski definition) is 0. The fraction of sp³-hybridized carbons (Fsp3) is 0.455. The number of halogens is 2. The summed E-state index contributed by atoms with van der Waals surface area (Å²) in [5.41, 5.74) is 3.56. The Kier molecular flexibility index (Phi) is 6.84. The van der Waals surface area contributed by atoms with Crippen LogP contribution in [0.4, 0.5) is 5.82 Å². The molecule has 1 aromatic carbocycles. The average Bonchev–Trinajstić information content (AvgIpc) is 3.04. The molecular formula is C22H28Cl2N4. The lowest BCUT2D eigenvalue weighted by molar-refractivity contribution is 0.567. The maximum absolute atomic E-state index is 6.47. The van der Waals surface area contributed by atoms with Crippen molar-refractivity contribution in [3.8, 4) is 11.3 Å². The summed E-state index contributed by atoms with van der Waals surface area (Å²) in [7, 11) is 0. The van der Waals surface area contributed by atoms with Crippen molar-refractivity contribution in [3.63, 3.8) is 0 Å². The van der Waals surface area contributed by atoms with Crippen molar-refractivity contribution in [2.75, 3.05) is 18.0 Å². The predicted molar refractivity (Wildman–Crippen MR) is 120 cm³/mol. The minimum absolute atomic E-state index is 0.584. The van der Waals surface area contributed by atoms with Gasteiger partial charge in [0.15, 0.2) is 5.65 Å². The Morgan fingerprint density at radius 2 is 1.93 bits per heavy atom. The number of anilines is 1. The summed E-state index contributed by atoms with van der Waals surface area (Å²) in [5, 5.41) is 1.20. The summed E-state index contributed by atoms with van der Waals surface area (Å²) in [6, 6.07) is 5.50. The molecule has 3 rings (SSSR count). The van der Waals surface area contributed by atoms with Crippen molar-refractivity contribution in [3.05, 3.63) is 46.3 Å². The molecule has 0 spiro atoms. The van der Waals surface area contributed by atoms with Gasteiger partial charge in [0.2, 0.25) is 0 Å². The van der Waals surface area contributed by atoms with Crippen LogP contribution < -0.4 is 4.90 Å². The second-order valence-corrected chi connectivity index (χ2v) is 8.34. The molecule has 28 heavy (non-hydrogen) atoms. The molecule has 0 amide bonds. The van der Waals surface area contributed by atoms with Crippen LogP contribution in [0.1, 0.15) is 46.2 Å². The minimum Gasteiger partial charge on any atom is -0.356 e. The van der Waals surface area contributed by atoms with E-state index in [9.17, 15) is 0 Å². The third-order valence-electron chi connectivity index (χ3n) is 4.88. The molecule has 2 heterocycles. The first-order valence-electron chi connectivity index (χ1n) is 10.0. The van der Waals surface area contributed by atoms with E-state index < -0.39 is 0 Å². The van der Waals surface area contributed by atoms with Gasteiger partial charge < -0.3 is 4.90 Å². The van der Waals surface area contributed by atoms with Crippen LogP contribution in [0.3, 0.4) is 0 Å². The number of hydrogen-bond acceptors (Lipinski definition) is 3. The Morgan fingerprint density at radius 1 is 1.14 bits per heavy atom. The van der Waals surface area contributed by atoms with E-state index in [-0.39, 0.29) is 0 Å². The highest BCUT2D eigenvalue weighted by Gasteiger charge is 2.21. The number of aryl methyl sites for hydroxylation is 1. The number of fused-ring (bicyclic) bond motifs is 1. The molecule has 0 aliphatic heterocycles. The molecule has 0 aliphatic carbocycles. The van der Waals surface area contributed by atoms with E-state index >= 15 is 0 Å². The lowest BCUT2D eigenvalue weighted by Gasteiger charge is -2.25. The second kappa shape index (κ2) is 9.15. The fourth-order valence-electron chi connectivity index (χ4n) is 3.46. The summed E-state index contributed by atoms with van der Waals surface area (Å²) in [6.45, 7) is 10.9. The topological polar surface area (TPSA) is 33.4 Å². The van der Waals surface area contributed by atoms with Gasteiger partial charge in [0.25, 0.3) is 0 Å². The predicted octanol–water partition coefficient (Wildman–Crippen LogP) is 6.53. The van der Waals surface area contributed by atoms with Gasteiger partial charge in [-0.15, -0.1) is 0 Å². The van der Waals surface area contributed by atoms with Crippen LogP contribution in [0.5, 0.6) is 0 Å². The molecule has 4 nitrogen and oxygen atoms in total. The van der Waals surface area contributed by atoms with Gasteiger partial charge in [-0.2, -0.15) is 0 Å². The van der Waals surface area contributed by atoms with Crippen molar-refractivity contribution >= 4 is 34.7 Å². The highest BCUT2D eigenvalue weighted by atomic mass is 35.5. The highest BCUT2D eigenvalue weighted by Crippen LogP contribution is 2.34. The third-order valence-corrected chi connectivity index (χ3v) is 5.42. The Bertz CT molecular complexity index is 949. The van der Waals surface area contributed by atoms with Gasteiger partial charge in [0.1, 0.15) is 11.5 Å². The van der Waals surface area contributed by atoms with E-state index in [0.717, 1.165) is 55.0 Å². The van der Waals surface area contributed by atoms with Crippen LogP contribution in [-0.2, 0) is 6.42 Å². The zero-order valence-electron chi connectivity index (χ0n) is 17.0. The van der Waals surface area contributed by atoms with Crippen molar-refractivity contribution in [1.82, 2.24) is 14.4 Å². The second-order valence-electron chi connectivity index (χ2n) is 7.50. The molecule has 0 bridgehead atoms. The number of imidazole rings is 1. The van der Waals surface area contributed by atoms with E-state index in [0.29, 0.717) is 16.0 Å². The normalized spacial score (nSPS) is 11.5. The van der Waals surface area contributed by atoms with Crippen LogP contribution in [0, 0.1) is 5.92 Å². The molecule has 0 saturated carbocycles. The van der Waals surface area contributed by atoms with Crippen LogP contribution in [0.25, 0.3) is 16.9 Å². The highest BCUT2D eigenvalue weighted by molar-refractivity contribution is 6.36. The molecular weight excluding hydrogens is 391 g/mol. The Labute approximate surface area is 177 Å². The fourth-order valence-corrected chi connectivity index (χ4v) is 3.96. The van der Waals surface area contributed by atoms with Gasteiger partial charge in [0.05, 0.1) is 10.7 Å². The molecule has 0 radical (unpaired) electrons.